The van der Waals surface area contributed by atoms with E-state index in [1.807, 2.05) is 17.8 Å². The second-order valence-corrected chi connectivity index (χ2v) is 7.36. The Balaban J connectivity index is 2.06. The van der Waals surface area contributed by atoms with E-state index in [4.69, 9.17) is 5.84 Å². The van der Waals surface area contributed by atoms with Crippen LogP contribution in [0, 0.1) is 18.6 Å². The van der Waals surface area contributed by atoms with Gasteiger partial charge in [0.05, 0.1) is 6.04 Å². The summed E-state index contributed by atoms with van der Waals surface area (Å²) in [5.74, 6) is 6.56. The van der Waals surface area contributed by atoms with Crippen LogP contribution in [-0.2, 0) is 12.2 Å². The lowest BCUT2D eigenvalue weighted by Gasteiger charge is -2.17. The van der Waals surface area contributed by atoms with Gasteiger partial charge in [-0.3, -0.25) is 5.84 Å². The van der Waals surface area contributed by atoms with Crippen LogP contribution in [0.2, 0.25) is 0 Å². The van der Waals surface area contributed by atoms with Crippen molar-refractivity contribution < 1.29 is 8.78 Å². The molecule has 2 heterocycles. The normalized spacial score (nSPS) is 15.8. The highest BCUT2D eigenvalue weighted by atomic mass is 32.2. The highest BCUT2D eigenvalue weighted by molar-refractivity contribution is 7.98. The first-order chi connectivity index (χ1) is 10.1. The maximum absolute atomic E-state index is 14.3. The molecule has 0 spiro atoms. The van der Waals surface area contributed by atoms with Crippen LogP contribution in [0.15, 0.2) is 18.2 Å². The smallest absolute Gasteiger partial charge is 0.134 e. The van der Waals surface area contributed by atoms with E-state index in [9.17, 15) is 8.78 Å². The lowest BCUT2D eigenvalue weighted by Crippen LogP contribution is -2.30. The van der Waals surface area contributed by atoms with Crippen molar-refractivity contribution >= 4 is 23.1 Å². The molecule has 1 unspecified atom stereocenters. The summed E-state index contributed by atoms with van der Waals surface area (Å²) < 4.78 is 28.4. The summed E-state index contributed by atoms with van der Waals surface area (Å²) in [6, 6.07) is 4.11. The summed E-state index contributed by atoms with van der Waals surface area (Å²) in [7, 11) is 0. The number of hydrogen-bond acceptors (Lipinski definition) is 4. The summed E-state index contributed by atoms with van der Waals surface area (Å²) >= 11 is 3.48. The van der Waals surface area contributed by atoms with Crippen LogP contribution in [0.3, 0.4) is 0 Å². The van der Waals surface area contributed by atoms with Crippen molar-refractivity contribution in [3.05, 3.63) is 56.3 Å². The number of nitrogens with two attached hydrogens (primary N) is 1. The monoisotopic (exact) mass is 326 g/mol. The lowest BCUT2D eigenvalue weighted by atomic mass is 10.0. The van der Waals surface area contributed by atoms with Crippen molar-refractivity contribution in [3.63, 3.8) is 0 Å². The fraction of sp³-hybridized carbons (Fsp3) is 0.333. The Kier molecular flexibility index (Phi) is 4.31. The minimum Gasteiger partial charge on any atom is -0.271 e. The molecule has 3 N–H and O–H groups in total. The molecule has 0 bridgehead atoms. The maximum atomic E-state index is 14.3. The van der Waals surface area contributed by atoms with Gasteiger partial charge in [0, 0.05) is 21.1 Å². The van der Waals surface area contributed by atoms with E-state index in [-0.39, 0.29) is 5.56 Å². The lowest BCUT2D eigenvalue weighted by molar-refractivity contribution is 0.509. The van der Waals surface area contributed by atoms with Gasteiger partial charge in [0.15, 0.2) is 0 Å². The Hall–Kier alpha value is -0.950. The Morgan fingerprint density at radius 3 is 2.86 bits per heavy atom. The molecule has 0 amide bonds. The van der Waals surface area contributed by atoms with E-state index in [0.29, 0.717) is 5.56 Å². The summed E-state index contributed by atoms with van der Waals surface area (Å²) in [5.41, 5.74) is 4.26. The van der Waals surface area contributed by atoms with Crippen LogP contribution < -0.4 is 11.3 Å². The number of hydrogen-bond donors (Lipinski definition) is 2. The minimum absolute atomic E-state index is 0.00347. The first-order valence-electron chi connectivity index (χ1n) is 6.71. The van der Waals surface area contributed by atoms with Crippen LogP contribution in [0.5, 0.6) is 0 Å². The molecule has 0 saturated carbocycles. The van der Waals surface area contributed by atoms with Crippen LogP contribution in [0.1, 0.15) is 32.5 Å². The Labute approximate surface area is 130 Å². The van der Waals surface area contributed by atoms with Crippen LogP contribution in [-0.4, -0.2) is 5.75 Å². The molecular formula is C15H16F2N2S2. The van der Waals surface area contributed by atoms with Gasteiger partial charge in [-0.2, -0.15) is 11.8 Å². The average Bonchev–Trinajstić information content (AvgIpc) is 2.91. The first-order valence-corrected chi connectivity index (χ1v) is 8.68. The summed E-state index contributed by atoms with van der Waals surface area (Å²) in [5, 5.41) is 0. The van der Waals surface area contributed by atoms with Crippen molar-refractivity contribution in [2.45, 2.75) is 25.1 Å². The highest BCUT2D eigenvalue weighted by Gasteiger charge is 2.25. The Morgan fingerprint density at radius 1 is 1.33 bits per heavy atom. The summed E-state index contributed by atoms with van der Waals surface area (Å²) in [4.78, 5) is 2.17. The van der Waals surface area contributed by atoms with E-state index in [1.165, 1.54) is 22.6 Å². The molecule has 1 aliphatic rings. The average molecular weight is 326 g/mol. The van der Waals surface area contributed by atoms with Gasteiger partial charge in [-0.05, 0) is 42.4 Å². The topological polar surface area (TPSA) is 38.0 Å². The predicted octanol–water partition coefficient (Wildman–Crippen LogP) is 3.68. The van der Waals surface area contributed by atoms with Gasteiger partial charge in [-0.15, -0.1) is 11.3 Å². The quantitative estimate of drug-likeness (QED) is 0.667. The molecule has 1 atom stereocenters. The molecule has 0 fully saturated rings. The largest absolute Gasteiger partial charge is 0.271 e. The predicted molar refractivity (Wildman–Crippen MR) is 84.4 cm³/mol. The van der Waals surface area contributed by atoms with Gasteiger partial charge in [-0.25, -0.2) is 14.2 Å². The molecular weight excluding hydrogens is 310 g/mol. The number of thiophene rings is 1. The van der Waals surface area contributed by atoms with Crippen molar-refractivity contribution in [1.29, 1.82) is 0 Å². The standard InChI is InChI=1S/C15H16F2N2S2/c1-8-2-3-10(16)13(14(8)17)15(19-18)12-6-9-7-20-5-4-11(9)21-12/h2-3,6,15,19H,4-5,7,18H2,1H3. The fourth-order valence-corrected chi connectivity index (χ4v) is 5.01. The third-order valence-electron chi connectivity index (χ3n) is 3.71. The van der Waals surface area contributed by atoms with Crippen molar-refractivity contribution in [2.24, 2.45) is 5.84 Å². The van der Waals surface area contributed by atoms with Gasteiger partial charge in [0.2, 0.25) is 0 Å². The van der Waals surface area contributed by atoms with Crippen molar-refractivity contribution in [3.8, 4) is 0 Å². The van der Waals surface area contributed by atoms with Gasteiger partial charge < -0.3 is 0 Å². The van der Waals surface area contributed by atoms with Gasteiger partial charge >= 0.3 is 0 Å². The number of nitrogens with one attached hydrogen (secondary N) is 1. The zero-order chi connectivity index (χ0) is 15.0. The molecule has 1 aliphatic heterocycles. The Bertz CT molecular complexity index is 646. The van der Waals surface area contributed by atoms with Gasteiger partial charge in [0.25, 0.3) is 0 Å². The number of hydrazine groups is 1. The van der Waals surface area contributed by atoms with E-state index < -0.39 is 17.7 Å². The number of aryl methyl sites for hydroxylation is 2. The maximum Gasteiger partial charge on any atom is 0.134 e. The SMILES string of the molecule is Cc1ccc(F)c(C(NN)c2cc3c(s2)CCSC3)c1F. The second-order valence-electron chi connectivity index (χ2n) is 5.09. The van der Waals surface area contributed by atoms with Gasteiger partial charge in [0.1, 0.15) is 11.6 Å². The minimum atomic E-state index is -0.648. The molecule has 2 nitrogen and oxygen atoms in total. The fourth-order valence-electron chi connectivity index (χ4n) is 2.56. The Morgan fingerprint density at radius 2 is 2.14 bits per heavy atom. The summed E-state index contributed by atoms with van der Waals surface area (Å²) in [6.07, 6.45) is 1.01. The van der Waals surface area contributed by atoms with E-state index in [2.05, 4.69) is 5.43 Å². The van der Waals surface area contributed by atoms with Gasteiger partial charge in [-0.1, -0.05) is 6.07 Å². The molecule has 0 aliphatic carbocycles. The molecule has 21 heavy (non-hydrogen) atoms. The molecule has 1 aromatic heterocycles. The number of benzene rings is 1. The number of halogens is 2. The van der Waals surface area contributed by atoms with Crippen molar-refractivity contribution in [2.75, 3.05) is 5.75 Å². The molecule has 1 aromatic carbocycles. The molecule has 6 heteroatoms. The molecule has 0 radical (unpaired) electrons. The number of fused-ring (bicyclic) bond motifs is 1. The second kappa shape index (κ2) is 6.04. The van der Waals surface area contributed by atoms with Crippen LogP contribution in [0.25, 0.3) is 0 Å². The van der Waals surface area contributed by atoms with E-state index in [1.54, 1.807) is 18.3 Å². The van der Waals surface area contributed by atoms with E-state index in [0.717, 1.165) is 22.8 Å². The number of thioether (sulfide) groups is 1. The third kappa shape index (κ3) is 2.73. The number of rotatable bonds is 3. The molecule has 3 rings (SSSR count). The third-order valence-corrected chi connectivity index (χ3v) is 6.02. The molecule has 0 saturated heterocycles. The van der Waals surface area contributed by atoms with E-state index >= 15 is 0 Å². The zero-order valence-electron chi connectivity index (χ0n) is 11.6. The van der Waals surface area contributed by atoms with Crippen molar-refractivity contribution in [1.82, 2.24) is 5.43 Å². The van der Waals surface area contributed by atoms with Crippen LogP contribution >= 0.6 is 23.1 Å². The molecule has 2 aromatic rings. The summed E-state index contributed by atoms with van der Waals surface area (Å²) in [6.45, 7) is 1.63. The first kappa shape index (κ1) is 15.0. The zero-order valence-corrected chi connectivity index (χ0v) is 13.2. The van der Waals surface area contributed by atoms with Crippen LogP contribution in [0.4, 0.5) is 8.78 Å². The highest BCUT2D eigenvalue weighted by Crippen LogP contribution is 2.37. The molecule has 112 valence electrons.